The Hall–Kier alpha value is -8.43. The first-order chi connectivity index (χ1) is 42.7. The maximum absolute atomic E-state index is 12.0. The Bertz CT molecular complexity index is 3660. The number of amides is 1. The standard InChI is InChI=1S/C18H14O2S.C17H13NO2S.C12H9ClO2S.C12H11NO2S.C6H7BO2.HNO2.H3NO.Na/c1-20-18(19)17-15(13-8-4-2-5-9-13)12-16(21-17)14-10-6-3-7-11-14;19-17(18-20)16-14(12-7-3-1-4-8-12)11-15(21-16)13-9-5-2-6-10-13;2*1-15-12(14)11-9(13)7-10(16-11)8-5-3-2-4-6-8;8-7(9)6-4-2-1-3-5-6;2-1-3;1-2;/h2-12H,1H3;1-11,20H,(H,18,19);2-7H,1H3;2-7H,13H2,1H3;1-5,8-9H;(H,2,3);2H,1H2;/q;;;;;;;+1/p-1. The van der Waals surface area contributed by atoms with Crippen molar-refractivity contribution in [3.63, 3.8) is 0 Å². The van der Waals surface area contributed by atoms with Gasteiger partial charge in [-0.2, -0.15) is 0 Å². The zero-order valence-electron chi connectivity index (χ0n) is 48.2. The average Bonchev–Trinajstić information content (AvgIpc) is 3.67. The summed E-state index contributed by atoms with van der Waals surface area (Å²) in [5.41, 5.74) is 16.5. The van der Waals surface area contributed by atoms with Gasteiger partial charge in [0.05, 0.1) is 32.0 Å². The Balaban J connectivity index is 0.000000237. The van der Waals surface area contributed by atoms with Crippen molar-refractivity contribution in [1.29, 1.82) is 0 Å². The fraction of sp³-hybridized carbons (Fsp3) is 0.0462. The Labute approximate surface area is 557 Å². The van der Waals surface area contributed by atoms with Gasteiger partial charge < -0.3 is 45.3 Å². The van der Waals surface area contributed by atoms with E-state index in [1.165, 1.54) is 66.7 Å². The topological polar surface area (TPSA) is 293 Å². The third-order valence-corrected chi connectivity index (χ3v) is 16.9. The van der Waals surface area contributed by atoms with Crippen LogP contribution in [0.25, 0.3) is 64.0 Å². The maximum Gasteiger partial charge on any atom is 1.00 e. The molecular weight excluding hydrogens is 1240 g/mol. The van der Waals surface area contributed by atoms with Crippen LogP contribution in [-0.2, 0) is 14.2 Å². The van der Waals surface area contributed by atoms with Crippen LogP contribution in [0.2, 0.25) is 5.02 Å². The minimum absolute atomic E-state index is 0. The monoisotopic (exact) mass is 1300 g/mol. The van der Waals surface area contributed by atoms with Crippen LogP contribution in [0.5, 0.6) is 0 Å². The molecule has 11 rings (SSSR count). The number of esters is 3. The van der Waals surface area contributed by atoms with Crippen molar-refractivity contribution in [1.82, 2.24) is 5.48 Å². The fourth-order valence-electron chi connectivity index (χ4n) is 7.77. The molecule has 11 aromatic rings. The van der Waals surface area contributed by atoms with Crippen LogP contribution in [0.15, 0.2) is 242 Å². The van der Waals surface area contributed by atoms with Crippen LogP contribution < -0.4 is 52.1 Å². The van der Waals surface area contributed by atoms with Gasteiger partial charge in [0, 0.05) is 30.6 Å². The molecule has 0 saturated heterocycles. The molecule has 9 N–H and O–H groups in total. The van der Waals surface area contributed by atoms with Gasteiger partial charge in [-0.25, -0.2) is 25.8 Å². The second kappa shape index (κ2) is 39.5. The van der Waals surface area contributed by atoms with Crippen molar-refractivity contribution in [2.45, 2.75) is 0 Å². The predicted molar refractivity (Wildman–Crippen MR) is 354 cm³/mol. The molecule has 4 aromatic heterocycles. The molecule has 0 spiro atoms. The molecule has 7 aromatic carbocycles. The number of hydrogen-bond donors (Lipinski definition) is 7. The van der Waals surface area contributed by atoms with Gasteiger partial charge in [-0.15, -0.1) is 50.7 Å². The van der Waals surface area contributed by atoms with Crippen LogP contribution in [0.4, 0.5) is 5.69 Å². The van der Waals surface area contributed by atoms with Crippen molar-refractivity contribution < 1.29 is 83.4 Å². The first-order valence-electron chi connectivity index (χ1n) is 25.9. The summed E-state index contributed by atoms with van der Waals surface area (Å²) in [5.74, 6) is 1.95. The van der Waals surface area contributed by atoms with Crippen LogP contribution in [0, 0.1) is 10.1 Å². The molecule has 0 bridgehead atoms. The summed E-state index contributed by atoms with van der Waals surface area (Å²) >= 11 is 11.5. The van der Waals surface area contributed by atoms with Gasteiger partial charge in [0.2, 0.25) is 0 Å². The number of nitrogens with one attached hydrogen (secondary N) is 1. The number of methoxy groups -OCH3 is 3. The molecule has 4 heterocycles. The SMILES string of the molecule is COC(=O)c1sc(-c2ccccc2)cc1-c1ccccc1.COC(=O)c1sc(-c2ccccc2)cc1Cl.COC(=O)c1sc(-c2ccccc2)cc1N.NO.O=C(NO)c1sc(-c2ccccc2)cc1-c1ccccc1.O=N[O-].OB(O)c1ccccc1.[Na+]. The number of nitrogen functional groups attached to an aromatic ring is 1. The first kappa shape index (κ1) is 73.0. The number of carbonyl (C=O) groups is 4. The molecule has 17 nitrogen and oxygen atoms in total. The summed E-state index contributed by atoms with van der Waals surface area (Å²) in [5, 5.41) is 42.0. The molecular formula is C65H57BClN4NaO13S4. The number of carbonyl (C=O) groups excluding carboxylic acids is 4. The summed E-state index contributed by atoms with van der Waals surface area (Å²) in [6, 6.07) is 75.4. The van der Waals surface area contributed by atoms with E-state index >= 15 is 0 Å². The number of ether oxygens (including phenoxy) is 3. The van der Waals surface area contributed by atoms with Gasteiger partial charge in [-0.1, -0.05) is 224 Å². The molecule has 0 aliphatic rings. The number of nitrogens with two attached hydrogens (primary N) is 2. The third-order valence-electron chi connectivity index (χ3n) is 11.8. The Kier molecular flexibility index (Phi) is 32.4. The van der Waals surface area contributed by atoms with E-state index in [0.717, 1.165) is 69.4 Å². The summed E-state index contributed by atoms with van der Waals surface area (Å²) in [4.78, 5) is 60.8. The fourth-order valence-corrected chi connectivity index (χ4v) is 12.3. The number of benzene rings is 7. The molecule has 0 aliphatic carbocycles. The van der Waals surface area contributed by atoms with Gasteiger partial charge in [-0.05, 0) is 63.1 Å². The van der Waals surface area contributed by atoms with Gasteiger partial charge in [0.15, 0.2) is 0 Å². The molecule has 0 fully saturated rings. The number of hydrogen-bond acceptors (Lipinski definition) is 20. The Morgan fingerprint density at radius 2 is 0.730 bits per heavy atom. The van der Waals surface area contributed by atoms with E-state index < -0.39 is 19.0 Å². The summed E-state index contributed by atoms with van der Waals surface area (Å²) < 4.78 is 14.2. The Morgan fingerprint density at radius 3 is 1.07 bits per heavy atom. The molecule has 0 saturated carbocycles. The van der Waals surface area contributed by atoms with E-state index in [1.807, 2.05) is 194 Å². The largest absolute Gasteiger partial charge is 1.00 e. The minimum atomic E-state index is -1.34. The summed E-state index contributed by atoms with van der Waals surface area (Å²) in [6.07, 6.45) is 0. The van der Waals surface area contributed by atoms with Crippen molar-refractivity contribution in [3.05, 3.63) is 271 Å². The van der Waals surface area contributed by atoms with Gasteiger partial charge >= 0.3 is 54.6 Å². The summed E-state index contributed by atoms with van der Waals surface area (Å²) in [7, 11) is 2.77. The number of anilines is 1. The Morgan fingerprint density at radius 1 is 0.461 bits per heavy atom. The smallest absolute Gasteiger partial charge is 0.465 e. The number of thiophene rings is 4. The van der Waals surface area contributed by atoms with E-state index in [1.54, 1.807) is 41.9 Å². The minimum Gasteiger partial charge on any atom is -0.465 e. The molecule has 450 valence electrons. The van der Waals surface area contributed by atoms with Crippen LogP contribution in [0.1, 0.15) is 38.7 Å². The van der Waals surface area contributed by atoms with E-state index in [9.17, 15) is 19.2 Å². The van der Waals surface area contributed by atoms with Crippen molar-refractivity contribution in [2.24, 2.45) is 11.2 Å². The number of nitrogens with zero attached hydrogens (tertiary/aromatic N) is 1. The third kappa shape index (κ3) is 22.0. The molecule has 0 atom stereocenters. The predicted octanol–water partition coefficient (Wildman–Crippen LogP) is 11.7. The van der Waals surface area contributed by atoms with Gasteiger partial charge in [0.25, 0.3) is 5.91 Å². The van der Waals surface area contributed by atoms with Gasteiger partial charge in [-0.3, -0.25) is 10.0 Å². The van der Waals surface area contributed by atoms with Crippen LogP contribution >= 0.6 is 56.9 Å². The van der Waals surface area contributed by atoms with E-state index in [2.05, 4.69) is 21.4 Å². The number of rotatable bonds is 11. The van der Waals surface area contributed by atoms with Crippen LogP contribution in [0.3, 0.4) is 0 Å². The maximum atomic E-state index is 12.0. The zero-order chi connectivity index (χ0) is 63.8. The first-order valence-corrected chi connectivity index (χ1v) is 29.5. The van der Waals surface area contributed by atoms with Crippen molar-refractivity contribution in [2.75, 3.05) is 27.1 Å². The van der Waals surface area contributed by atoms with E-state index in [4.69, 9.17) is 52.6 Å². The molecule has 0 unspecified atom stereocenters. The van der Waals surface area contributed by atoms with E-state index in [-0.39, 0.29) is 41.5 Å². The molecule has 89 heavy (non-hydrogen) atoms. The number of halogens is 1. The summed E-state index contributed by atoms with van der Waals surface area (Å²) in [6.45, 7) is 0. The zero-order valence-corrected chi connectivity index (χ0v) is 54.2. The average molecular weight is 1300 g/mol. The van der Waals surface area contributed by atoms with Crippen molar-refractivity contribution in [3.8, 4) is 64.0 Å². The second-order valence-electron chi connectivity index (χ2n) is 17.4. The molecule has 0 aliphatic heterocycles. The molecule has 24 heteroatoms. The molecule has 1 amide bonds. The van der Waals surface area contributed by atoms with E-state index in [0.29, 0.717) is 35.7 Å². The number of hydroxylamine groups is 1. The molecule has 0 radical (unpaired) electrons. The normalized spacial score (nSPS) is 9.63. The van der Waals surface area contributed by atoms with Crippen LogP contribution in [-0.4, -0.2) is 72.7 Å². The van der Waals surface area contributed by atoms with Gasteiger partial charge in [0.1, 0.15) is 19.5 Å². The van der Waals surface area contributed by atoms with Crippen molar-refractivity contribution >= 4 is 99.0 Å². The quantitative estimate of drug-likeness (QED) is 0.0158. The second-order valence-corrected chi connectivity index (χ2v) is 22.0.